The summed E-state index contributed by atoms with van der Waals surface area (Å²) in [6.07, 6.45) is 2.53. The van der Waals surface area contributed by atoms with Gasteiger partial charge in [0.15, 0.2) is 11.5 Å². The number of ether oxygens (including phenoxy) is 2. The molecule has 1 aliphatic heterocycles. The molecule has 1 aromatic rings. The zero-order valence-corrected chi connectivity index (χ0v) is 8.04. The zero-order chi connectivity index (χ0) is 11.5. The van der Waals surface area contributed by atoms with Gasteiger partial charge in [-0.25, -0.2) is 0 Å². The lowest BCUT2D eigenvalue weighted by atomic mass is 10.1. The molecular formula is C10H6N2O4. The van der Waals surface area contributed by atoms with Gasteiger partial charge in [-0.2, -0.15) is 5.26 Å². The second-order valence-corrected chi connectivity index (χ2v) is 2.98. The van der Waals surface area contributed by atoms with E-state index in [0.717, 1.165) is 0 Å². The standard InChI is InChI=1S/C10H6N2O4/c11-3-1-2-7-4-9-10(16-6-15-9)5-8(7)12(13)14/h1-2,4-5H,6H2. The molecule has 0 saturated heterocycles. The lowest BCUT2D eigenvalue weighted by molar-refractivity contribution is -0.385. The molecule has 6 nitrogen and oxygen atoms in total. The molecule has 0 unspecified atom stereocenters. The monoisotopic (exact) mass is 218 g/mol. The number of rotatable bonds is 2. The zero-order valence-electron chi connectivity index (χ0n) is 8.04. The lowest BCUT2D eigenvalue weighted by Gasteiger charge is -1.99. The number of nitro groups is 1. The molecule has 0 spiro atoms. The molecule has 0 radical (unpaired) electrons. The van der Waals surface area contributed by atoms with E-state index in [1.54, 1.807) is 6.07 Å². The van der Waals surface area contributed by atoms with Gasteiger partial charge < -0.3 is 9.47 Å². The average Bonchev–Trinajstić information content (AvgIpc) is 2.71. The van der Waals surface area contributed by atoms with Crippen LogP contribution in [0.5, 0.6) is 11.5 Å². The molecule has 0 aliphatic carbocycles. The summed E-state index contributed by atoms with van der Waals surface area (Å²) in [4.78, 5) is 10.2. The van der Waals surface area contributed by atoms with Crippen molar-refractivity contribution in [3.63, 3.8) is 0 Å². The van der Waals surface area contributed by atoms with Gasteiger partial charge in [-0.05, 0) is 12.1 Å². The van der Waals surface area contributed by atoms with Gasteiger partial charge in [-0.15, -0.1) is 0 Å². The summed E-state index contributed by atoms with van der Waals surface area (Å²) in [6.45, 7) is 0.0535. The first-order valence-corrected chi connectivity index (χ1v) is 4.36. The number of hydrogen-bond acceptors (Lipinski definition) is 5. The first kappa shape index (κ1) is 9.98. The largest absolute Gasteiger partial charge is 0.454 e. The number of fused-ring (bicyclic) bond motifs is 1. The summed E-state index contributed by atoms with van der Waals surface area (Å²) < 4.78 is 10.1. The fourth-order valence-electron chi connectivity index (χ4n) is 1.37. The van der Waals surface area contributed by atoms with E-state index in [4.69, 9.17) is 14.7 Å². The normalized spacial score (nSPS) is 12.7. The summed E-state index contributed by atoms with van der Waals surface area (Å²) in [5, 5.41) is 19.2. The predicted molar refractivity (Wildman–Crippen MR) is 53.9 cm³/mol. The highest BCUT2D eigenvalue weighted by molar-refractivity contribution is 5.67. The van der Waals surface area contributed by atoms with E-state index in [1.165, 1.54) is 24.3 Å². The van der Waals surface area contributed by atoms with E-state index in [0.29, 0.717) is 17.1 Å². The maximum Gasteiger partial charge on any atom is 0.280 e. The molecule has 80 valence electrons. The number of benzene rings is 1. The van der Waals surface area contributed by atoms with Crippen LogP contribution in [0.4, 0.5) is 5.69 Å². The fourth-order valence-corrected chi connectivity index (χ4v) is 1.37. The molecule has 1 aliphatic rings. The smallest absolute Gasteiger partial charge is 0.280 e. The minimum Gasteiger partial charge on any atom is -0.454 e. The quantitative estimate of drug-likeness (QED) is 0.429. The van der Waals surface area contributed by atoms with Crippen molar-refractivity contribution in [1.82, 2.24) is 0 Å². The molecular weight excluding hydrogens is 212 g/mol. The summed E-state index contributed by atoms with van der Waals surface area (Å²) in [5.74, 6) is 0.795. The van der Waals surface area contributed by atoms with Crippen molar-refractivity contribution in [1.29, 1.82) is 5.26 Å². The Kier molecular flexibility index (Phi) is 2.44. The van der Waals surface area contributed by atoms with E-state index in [-0.39, 0.29) is 12.5 Å². The van der Waals surface area contributed by atoms with Crippen molar-refractivity contribution in [2.45, 2.75) is 0 Å². The van der Waals surface area contributed by atoms with Gasteiger partial charge in [0.1, 0.15) is 0 Å². The molecule has 1 aromatic carbocycles. The van der Waals surface area contributed by atoms with E-state index in [9.17, 15) is 10.1 Å². The highest BCUT2D eigenvalue weighted by Gasteiger charge is 2.21. The van der Waals surface area contributed by atoms with Crippen molar-refractivity contribution < 1.29 is 14.4 Å². The summed E-state index contributed by atoms with van der Waals surface area (Å²) in [6, 6.07) is 4.55. The predicted octanol–water partition coefficient (Wildman–Crippen LogP) is 1.86. The minimum absolute atomic E-state index is 0.0535. The van der Waals surface area contributed by atoms with Gasteiger partial charge in [0, 0.05) is 6.08 Å². The second-order valence-electron chi connectivity index (χ2n) is 2.98. The Morgan fingerprint density at radius 1 is 1.44 bits per heavy atom. The lowest BCUT2D eigenvalue weighted by Crippen LogP contribution is -1.93. The van der Waals surface area contributed by atoms with Crippen molar-refractivity contribution in [2.75, 3.05) is 6.79 Å². The van der Waals surface area contributed by atoms with Crippen LogP contribution in [0.2, 0.25) is 0 Å². The molecule has 16 heavy (non-hydrogen) atoms. The minimum atomic E-state index is -0.529. The third-order valence-corrected chi connectivity index (χ3v) is 2.06. The Balaban J connectivity index is 2.53. The third-order valence-electron chi connectivity index (χ3n) is 2.06. The molecule has 1 heterocycles. The van der Waals surface area contributed by atoms with Crippen molar-refractivity contribution >= 4 is 11.8 Å². The molecule has 0 N–H and O–H groups in total. The van der Waals surface area contributed by atoms with Gasteiger partial charge in [0.2, 0.25) is 6.79 Å². The molecule has 2 rings (SSSR count). The maximum atomic E-state index is 10.8. The van der Waals surface area contributed by atoms with Crippen LogP contribution in [0.1, 0.15) is 5.56 Å². The van der Waals surface area contributed by atoms with Gasteiger partial charge in [0.05, 0.1) is 22.6 Å². The van der Waals surface area contributed by atoms with Crippen molar-refractivity contribution in [2.24, 2.45) is 0 Å². The van der Waals surface area contributed by atoms with Crippen LogP contribution in [0, 0.1) is 21.4 Å². The van der Waals surface area contributed by atoms with E-state index in [2.05, 4.69) is 0 Å². The molecule has 0 atom stereocenters. The average molecular weight is 218 g/mol. The van der Waals surface area contributed by atoms with Crippen LogP contribution in [0.3, 0.4) is 0 Å². The second kappa shape index (κ2) is 3.90. The van der Waals surface area contributed by atoms with Crippen molar-refractivity contribution in [3.8, 4) is 17.6 Å². The van der Waals surface area contributed by atoms with Crippen molar-refractivity contribution in [3.05, 3.63) is 33.9 Å². The van der Waals surface area contributed by atoms with Crippen LogP contribution in [0.15, 0.2) is 18.2 Å². The highest BCUT2D eigenvalue weighted by Crippen LogP contribution is 2.38. The molecule has 0 bridgehead atoms. The first-order valence-electron chi connectivity index (χ1n) is 4.36. The van der Waals surface area contributed by atoms with Crippen LogP contribution in [0.25, 0.3) is 6.08 Å². The van der Waals surface area contributed by atoms with E-state index < -0.39 is 4.92 Å². The number of nitro benzene ring substituents is 1. The number of nitrogens with zero attached hydrogens (tertiary/aromatic N) is 2. The first-order chi connectivity index (χ1) is 7.72. The Bertz CT molecular complexity index is 516. The van der Waals surface area contributed by atoms with Gasteiger partial charge in [-0.3, -0.25) is 10.1 Å². The molecule has 0 aromatic heterocycles. The molecule has 6 heteroatoms. The molecule has 0 amide bonds. The summed E-state index contributed by atoms with van der Waals surface area (Å²) in [5.41, 5.74) is 0.201. The molecule has 0 saturated carbocycles. The number of nitriles is 1. The Hall–Kier alpha value is -2.55. The third kappa shape index (κ3) is 1.66. The maximum absolute atomic E-state index is 10.8. The Morgan fingerprint density at radius 2 is 2.12 bits per heavy atom. The molecule has 0 fully saturated rings. The highest BCUT2D eigenvalue weighted by atomic mass is 16.7. The topological polar surface area (TPSA) is 85.4 Å². The number of allylic oxidation sites excluding steroid dienone is 1. The van der Waals surface area contributed by atoms with Gasteiger partial charge in [0.25, 0.3) is 5.69 Å². The SMILES string of the molecule is N#CC=Cc1cc2c(cc1[N+](=O)[O-])OCO2. The Morgan fingerprint density at radius 3 is 2.75 bits per heavy atom. The summed E-state index contributed by atoms with van der Waals surface area (Å²) in [7, 11) is 0. The fraction of sp³-hybridized carbons (Fsp3) is 0.100. The van der Waals surface area contributed by atoms with Gasteiger partial charge in [-0.1, -0.05) is 0 Å². The van der Waals surface area contributed by atoms with E-state index >= 15 is 0 Å². The van der Waals surface area contributed by atoms with Gasteiger partial charge >= 0.3 is 0 Å². The number of hydrogen-bond donors (Lipinski definition) is 0. The Labute approximate surface area is 90.5 Å². The van der Waals surface area contributed by atoms with Crippen LogP contribution >= 0.6 is 0 Å². The van der Waals surface area contributed by atoms with Crippen LogP contribution < -0.4 is 9.47 Å². The van der Waals surface area contributed by atoms with Crippen LogP contribution in [-0.4, -0.2) is 11.7 Å². The summed E-state index contributed by atoms with van der Waals surface area (Å²) >= 11 is 0. The van der Waals surface area contributed by atoms with Crippen LogP contribution in [-0.2, 0) is 0 Å². The van der Waals surface area contributed by atoms with E-state index in [1.807, 2.05) is 0 Å².